The van der Waals surface area contributed by atoms with Gasteiger partial charge in [0.2, 0.25) is 10.0 Å². The van der Waals surface area contributed by atoms with Crippen molar-refractivity contribution < 1.29 is 23.1 Å². The van der Waals surface area contributed by atoms with Crippen molar-refractivity contribution in [3.63, 3.8) is 0 Å². The van der Waals surface area contributed by atoms with Gasteiger partial charge >= 0.3 is 5.97 Å². The third-order valence-corrected chi connectivity index (χ3v) is 3.92. The van der Waals surface area contributed by atoms with Crippen LogP contribution in [0.15, 0.2) is 29.2 Å². The zero-order valence-electron chi connectivity index (χ0n) is 11.1. The molecule has 2 N–H and O–H groups in total. The summed E-state index contributed by atoms with van der Waals surface area (Å²) in [6, 6.07) is 5.37. The van der Waals surface area contributed by atoms with Crippen LogP contribution in [0, 0.1) is 12.3 Å². The Morgan fingerprint density at radius 3 is 2.40 bits per heavy atom. The molecule has 0 amide bonds. The highest BCUT2D eigenvalue weighted by Crippen LogP contribution is 2.17. The van der Waals surface area contributed by atoms with E-state index < -0.39 is 28.1 Å². The number of carboxylic acids is 1. The number of terminal acetylenes is 1. The van der Waals surface area contributed by atoms with Crippen LogP contribution in [0.5, 0.6) is 5.75 Å². The number of benzene rings is 1. The van der Waals surface area contributed by atoms with E-state index in [4.69, 9.17) is 16.3 Å². The molecule has 0 aliphatic rings. The van der Waals surface area contributed by atoms with E-state index >= 15 is 0 Å². The number of carbonyl (C=O) groups is 1. The van der Waals surface area contributed by atoms with Gasteiger partial charge in [0.25, 0.3) is 0 Å². The summed E-state index contributed by atoms with van der Waals surface area (Å²) in [7, 11) is -3.74. The minimum Gasteiger partial charge on any atom is -0.482 e. The number of hydrogen-bond donors (Lipinski definition) is 2. The van der Waals surface area contributed by atoms with Crippen molar-refractivity contribution in [2.24, 2.45) is 0 Å². The molecule has 0 unspecified atom stereocenters. The fourth-order valence-corrected chi connectivity index (χ4v) is 2.63. The minimum atomic E-state index is -3.74. The average Bonchev–Trinajstić information content (AvgIpc) is 2.35. The fraction of sp³-hybridized carbons (Fsp3) is 0.308. The summed E-state index contributed by atoms with van der Waals surface area (Å²) in [6.07, 6.45) is 5.23. The Kier molecular flexibility index (Phi) is 4.76. The highest BCUT2D eigenvalue weighted by atomic mass is 32.2. The number of nitrogens with one attached hydrogen (secondary N) is 1. The topological polar surface area (TPSA) is 92.7 Å². The number of rotatable bonds is 6. The molecule has 0 spiro atoms. The highest BCUT2D eigenvalue weighted by Gasteiger charge is 2.24. The summed E-state index contributed by atoms with van der Waals surface area (Å²) in [5.74, 6) is 1.49. The molecule has 1 aromatic carbocycles. The molecule has 108 valence electrons. The molecule has 1 aromatic rings. The molecule has 6 nitrogen and oxygen atoms in total. The molecule has 1 rings (SSSR count). The Bertz CT molecular complexity index is 626. The first-order valence-electron chi connectivity index (χ1n) is 5.63. The first-order chi connectivity index (χ1) is 9.16. The Labute approximate surface area is 117 Å². The van der Waals surface area contributed by atoms with Crippen LogP contribution in [-0.2, 0) is 14.8 Å². The summed E-state index contributed by atoms with van der Waals surface area (Å²) >= 11 is 0. The predicted octanol–water partition coefficient (Wildman–Crippen LogP) is 0.840. The third-order valence-electron chi connectivity index (χ3n) is 2.25. The van der Waals surface area contributed by atoms with Gasteiger partial charge in [-0.3, -0.25) is 0 Å². The third kappa shape index (κ3) is 4.57. The normalized spacial score (nSPS) is 11.7. The monoisotopic (exact) mass is 297 g/mol. The Morgan fingerprint density at radius 2 is 1.95 bits per heavy atom. The second-order valence-corrected chi connectivity index (χ2v) is 6.21. The molecule has 0 radical (unpaired) electrons. The van der Waals surface area contributed by atoms with Gasteiger partial charge in [-0.05, 0) is 38.1 Å². The van der Waals surface area contributed by atoms with E-state index in [0.717, 1.165) is 0 Å². The first kappa shape index (κ1) is 16.0. The van der Waals surface area contributed by atoms with Gasteiger partial charge in [-0.25, -0.2) is 13.2 Å². The number of aliphatic carboxylic acids is 1. The van der Waals surface area contributed by atoms with Gasteiger partial charge in [-0.15, -0.1) is 6.42 Å². The van der Waals surface area contributed by atoms with Crippen LogP contribution in [0.25, 0.3) is 0 Å². The average molecular weight is 297 g/mol. The van der Waals surface area contributed by atoms with Crippen molar-refractivity contribution in [1.29, 1.82) is 0 Å². The van der Waals surface area contributed by atoms with Crippen molar-refractivity contribution in [1.82, 2.24) is 4.72 Å². The van der Waals surface area contributed by atoms with Crippen molar-refractivity contribution >= 4 is 16.0 Å². The lowest BCUT2D eigenvalue weighted by Gasteiger charge is -2.19. The summed E-state index contributed by atoms with van der Waals surface area (Å²) in [4.78, 5) is 10.4. The maximum atomic E-state index is 12.0. The zero-order valence-corrected chi connectivity index (χ0v) is 11.9. The van der Waals surface area contributed by atoms with Crippen LogP contribution >= 0.6 is 0 Å². The van der Waals surface area contributed by atoms with Crippen LogP contribution in [0.3, 0.4) is 0 Å². The quantitative estimate of drug-likeness (QED) is 0.759. The van der Waals surface area contributed by atoms with E-state index in [-0.39, 0.29) is 10.6 Å². The minimum absolute atomic E-state index is 0.0171. The molecule has 0 aliphatic carbocycles. The largest absolute Gasteiger partial charge is 0.482 e. The second-order valence-electron chi connectivity index (χ2n) is 4.53. The number of ether oxygens (including phenoxy) is 1. The molecule has 0 atom stereocenters. The van der Waals surface area contributed by atoms with Crippen LogP contribution in [0.4, 0.5) is 0 Å². The Morgan fingerprint density at radius 1 is 1.40 bits per heavy atom. The first-order valence-corrected chi connectivity index (χ1v) is 7.11. The van der Waals surface area contributed by atoms with E-state index in [1.54, 1.807) is 13.8 Å². The maximum absolute atomic E-state index is 12.0. The van der Waals surface area contributed by atoms with Crippen LogP contribution < -0.4 is 9.46 Å². The van der Waals surface area contributed by atoms with Gasteiger partial charge < -0.3 is 9.84 Å². The van der Waals surface area contributed by atoms with Crippen molar-refractivity contribution in [2.75, 3.05) is 6.61 Å². The molecule has 0 fully saturated rings. The smallest absolute Gasteiger partial charge is 0.341 e. The van der Waals surface area contributed by atoms with Gasteiger partial charge in [0, 0.05) is 0 Å². The number of carboxylic acid groups (broad SMARTS) is 1. The van der Waals surface area contributed by atoms with Gasteiger partial charge in [-0.2, -0.15) is 4.72 Å². The molecule has 0 aromatic heterocycles. The van der Waals surface area contributed by atoms with Crippen molar-refractivity contribution in [2.45, 2.75) is 24.3 Å². The fourth-order valence-electron chi connectivity index (χ4n) is 1.28. The molecule has 0 saturated heterocycles. The van der Waals surface area contributed by atoms with Crippen molar-refractivity contribution in [3.05, 3.63) is 24.3 Å². The predicted molar refractivity (Wildman–Crippen MR) is 72.8 cm³/mol. The molecular formula is C13H15NO5S. The zero-order chi connectivity index (χ0) is 15.4. The second kappa shape index (κ2) is 5.94. The number of hydrogen-bond acceptors (Lipinski definition) is 4. The Hall–Kier alpha value is -2.04. The van der Waals surface area contributed by atoms with E-state index in [2.05, 4.69) is 10.6 Å². The van der Waals surface area contributed by atoms with Crippen LogP contribution in [-0.4, -0.2) is 31.6 Å². The summed E-state index contributed by atoms with van der Waals surface area (Å²) < 4.78 is 31.4. The molecule has 0 aliphatic heterocycles. The molecule has 0 saturated carbocycles. The lowest BCUT2D eigenvalue weighted by atomic mass is 10.1. The van der Waals surface area contributed by atoms with Crippen molar-refractivity contribution in [3.8, 4) is 18.1 Å². The summed E-state index contributed by atoms with van der Waals surface area (Å²) in [6.45, 7) is 2.64. The highest BCUT2D eigenvalue weighted by molar-refractivity contribution is 7.89. The Balaban J connectivity index is 2.88. The van der Waals surface area contributed by atoms with Crippen LogP contribution in [0.2, 0.25) is 0 Å². The van der Waals surface area contributed by atoms with Gasteiger partial charge in [0.1, 0.15) is 5.75 Å². The molecule has 0 bridgehead atoms. The SMILES string of the molecule is C#CC(C)(C)NS(=O)(=O)c1ccc(OCC(=O)O)cc1. The van der Waals surface area contributed by atoms with Gasteiger partial charge in [0.15, 0.2) is 6.61 Å². The van der Waals surface area contributed by atoms with E-state index in [9.17, 15) is 13.2 Å². The summed E-state index contributed by atoms with van der Waals surface area (Å²) in [5, 5.41) is 8.46. The van der Waals surface area contributed by atoms with E-state index in [0.29, 0.717) is 0 Å². The molecular weight excluding hydrogens is 282 g/mol. The van der Waals surface area contributed by atoms with Gasteiger partial charge in [0.05, 0.1) is 10.4 Å². The molecule has 7 heteroatoms. The van der Waals surface area contributed by atoms with Gasteiger partial charge in [-0.1, -0.05) is 5.92 Å². The standard InChI is InChI=1S/C13H15NO5S/c1-4-13(2,3)14-20(17,18)11-7-5-10(6-8-11)19-9-12(15)16/h1,5-8,14H,9H2,2-3H3,(H,15,16). The van der Waals surface area contributed by atoms with Crippen LogP contribution in [0.1, 0.15) is 13.8 Å². The lowest BCUT2D eigenvalue weighted by molar-refractivity contribution is -0.139. The van der Waals surface area contributed by atoms with E-state index in [1.165, 1.54) is 24.3 Å². The summed E-state index contributed by atoms with van der Waals surface area (Å²) in [5.41, 5.74) is -1.00. The molecule has 0 heterocycles. The lowest BCUT2D eigenvalue weighted by Crippen LogP contribution is -2.41. The van der Waals surface area contributed by atoms with E-state index in [1.807, 2.05) is 0 Å². The number of sulfonamides is 1. The molecule has 20 heavy (non-hydrogen) atoms. The maximum Gasteiger partial charge on any atom is 0.341 e.